The van der Waals surface area contributed by atoms with E-state index in [0.29, 0.717) is 32.6 Å². The molecule has 0 spiro atoms. The maximum atomic E-state index is 12.1. The summed E-state index contributed by atoms with van der Waals surface area (Å²) in [6, 6.07) is -1.13. The predicted octanol–water partition coefficient (Wildman–Crippen LogP) is -1.03. The zero-order valence-electron chi connectivity index (χ0n) is 12.0. The van der Waals surface area contributed by atoms with Crippen molar-refractivity contribution in [2.75, 3.05) is 37.7 Å². The third kappa shape index (κ3) is 4.07. The van der Waals surface area contributed by atoms with Crippen LogP contribution in [0.3, 0.4) is 0 Å². The van der Waals surface area contributed by atoms with Crippen molar-refractivity contribution in [2.45, 2.75) is 25.4 Å². The fraction of sp³-hybridized carbons (Fsp3) is 0.833. The fourth-order valence-electron chi connectivity index (χ4n) is 2.64. The van der Waals surface area contributed by atoms with Crippen molar-refractivity contribution in [2.24, 2.45) is 0 Å². The Balaban J connectivity index is 1.80. The van der Waals surface area contributed by atoms with Gasteiger partial charge >= 0.3 is 12.0 Å². The van der Waals surface area contributed by atoms with E-state index in [4.69, 9.17) is 5.11 Å². The van der Waals surface area contributed by atoms with Crippen LogP contribution in [-0.4, -0.2) is 85.1 Å². The number of aliphatic carboxylic acids is 1. The summed E-state index contributed by atoms with van der Waals surface area (Å²) in [5.74, 6) is -0.736. The van der Waals surface area contributed by atoms with Crippen LogP contribution in [0.15, 0.2) is 0 Å². The highest BCUT2D eigenvalue weighted by atomic mass is 32.2. The molecule has 0 aromatic heterocycles. The second-order valence-electron chi connectivity index (χ2n) is 5.59. The molecule has 2 N–H and O–H groups in total. The topological polar surface area (TPSA) is 107 Å². The number of carboxylic acid groups (broad SMARTS) is 1. The van der Waals surface area contributed by atoms with Gasteiger partial charge in [0.25, 0.3) is 0 Å². The van der Waals surface area contributed by atoms with Crippen molar-refractivity contribution < 1.29 is 23.1 Å². The van der Waals surface area contributed by atoms with Gasteiger partial charge in [-0.2, -0.15) is 0 Å². The first-order chi connectivity index (χ1) is 9.78. The van der Waals surface area contributed by atoms with Crippen LogP contribution in [0.2, 0.25) is 0 Å². The van der Waals surface area contributed by atoms with E-state index in [2.05, 4.69) is 5.32 Å². The minimum atomic E-state index is -3.01. The normalized spacial score (nSPS) is 27.3. The molecule has 9 heteroatoms. The summed E-state index contributed by atoms with van der Waals surface area (Å²) >= 11 is 0. The van der Waals surface area contributed by atoms with Crippen LogP contribution in [0.25, 0.3) is 0 Å². The molecule has 21 heavy (non-hydrogen) atoms. The molecule has 2 fully saturated rings. The van der Waals surface area contributed by atoms with Crippen LogP contribution in [0.4, 0.5) is 4.79 Å². The molecular formula is C12H21N3O5S. The maximum absolute atomic E-state index is 12.1. The Labute approximate surface area is 124 Å². The summed E-state index contributed by atoms with van der Waals surface area (Å²) in [6.45, 7) is 3.53. The van der Waals surface area contributed by atoms with E-state index < -0.39 is 21.8 Å². The van der Waals surface area contributed by atoms with E-state index in [1.165, 1.54) is 0 Å². The van der Waals surface area contributed by atoms with Gasteiger partial charge in [-0.15, -0.1) is 0 Å². The van der Waals surface area contributed by atoms with Gasteiger partial charge in [-0.1, -0.05) is 0 Å². The molecule has 0 radical (unpaired) electrons. The Morgan fingerprint density at radius 3 is 2.33 bits per heavy atom. The molecule has 2 amide bonds. The lowest BCUT2D eigenvalue weighted by Crippen LogP contribution is -2.56. The molecule has 2 heterocycles. The molecule has 2 saturated heterocycles. The van der Waals surface area contributed by atoms with Crippen molar-refractivity contribution in [3.8, 4) is 0 Å². The van der Waals surface area contributed by atoms with E-state index in [1.807, 2.05) is 4.90 Å². The van der Waals surface area contributed by atoms with E-state index in [-0.39, 0.29) is 23.6 Å². The van der Waals surface area contributed by atoms with Crippen molar-refractivity contribution in [3.63, 3.8) is 0 Å². The minimum Gasteiger partial charge on any atom is -0.480 e. The molecule has 8 nitrogen and oxygen atoms in total. The number of nitrogens with zero attached hydrogens (tertiary/aromatic N) is 2. The molecule has 0 bridgehead atoms. The molecule has 2 aliphatic heterocycles. The predicted molar refractivity (Wildman–Crippen MR) is 75.8 cm³/mol. The Morgan fingerprint density at radius 1 is 1.24 bits per heavy atom. The van der Waals surface area contributed by atoms with E-state index in [9.17, 15) is 18.0 Å². The van der Waals surface area contributed by atoms with Crippen LogP contribution < -0.4 is 5.32 Å². The number of sulfone groups is 1. The van der Waals surface area contributed by atoms with Crippen LogP contribution >= 0.6 is 0 Å². The van der Waals surface area contributed by atoms with Gasteiger partial charge in [0.1, 0.15) is 6.04 Å². The standard InChI is InChI=1S/C12H21N3O5S/c1-9(11(16)17)14-3-5-15(6-4-14)12(18)13-10-2-7-21(19,20)8-10/h9-10H,2-8H2,1H3,(H,13,18)(H,16,17). The molecule has 2 aliphatic rings. The zero-order valence-corrected chi connectivity index (χ0v) is 12.8. The molecule has 0 aromatic carbocycles. The van der Waals surface area contributed by atoms with Gasteiger partial charge in [-0.05, 0) is 13.3 Å². The Hall–Kier alpha value is -1.35. The maximum Gasteiger partial charge on any atom is 0.320 e. The third-order valence-electron chi connectivity index (χ3n) is 4.07. The van der Waals surface area contributed by atoms with Crippen LogP contribution in [-0.2, 0) is 14.6 Å². The highest BCUT2D eigenvalue weighted by molar-refractivity contribution is 7.91. The number of rotatable bonds is 3. The van der Waals surface area contributed by atoms with Gasteiger partial charge in [0.2, 0.25) is 0 Å². The van der Waals surface area contributed by atoms with Gasteiger partial charge in [0.05, 0.1) is 11.5 Å². The smallest absolute Gasteiger partial charge is 0.320 e. The summed E-state index contributed by atoms with van der Waals surface area (Å²) < 4.78 is 22.7. The third-order valence-corrected chi connectivity index (χ3v) is 5.83. The van der Waals surface area contributed by atoms with Crippen LogP contribution in [0.5, 0.6) is 0 Å². The lowest BCUT2D eigenvalue weighted by Gasteiger charge is -2.36. The molecule has 0 saturated carbocycles. The summed E-state index contributed by atoms with van der Waals surface area (Å²) in [7, 11) is -3.01. The number of nitrogens with one attached hydrogen (secondary N) is 1. The quantitative estimate of drug-likeness (QED) is 0.689. The number of carbonyl (C=O) groups is 2. The van der Waals surface area contributed by atoms with E-state index in [0.717, 1.165) is 0 Å². The van der Waals surface area contributed by atoms with E-state index >= 15 is 0 Å². The molecular weight excluding hydrogens is 298 g/mol. The number of carboxylic acids is 1. The Kier molecular flexibility index (Phi) is 4.72. The number of urea groups is 1. The lowest BCUT2D eigenvalue weighted by molar-refractivity contribution is -0.143. The summed E-state index contributed by atoms with van der Waals surface area (Å²) in [5, 5.41) is 11.7. The van der Waals surface area contributed by atoms with Crippen molar-refractivity contribution in [1.82, 2.24) is 15.1 Å². The highest BCUT2D eigenvalue weighted by Crippen LogP contribution is 2.12. The molecule has 0 aliphatic carbocycles. The van der Waals surface area contributed by atoms with Crippen molar-refractivity contribution >= 4 is 21.8 Å². The monoisotopic (exact) mass is 319 g/mol. The van der Waals surface area contributed by atoms with Gasteiger partial charge in [0, 0.05) is 32.2 Å². The highest BCUT2D eigenvalue weighted by Gasteiger charge is 2.32. The number of amides is 2. The molecule has 0 aromatic rings. The minimum absolute atomic E-state index is 0.00868. The first kappa shape index (κ1) is 16.0. The fourth-order valence-corrected chi connectivity index (χ4v) is 4.32. The van der Waals surface area contributed by atoms with Crippen molar-refractivity contribution in [1.29, 1.82) is 0 Å². The van der Waals surface area contributed by atoms with Crippen LogP contribution in [0.1, 0.15) is 13.3 Å². The van der Waals surface area contributed by atoms with Gasteiger partial charge < -0.3 is 15.3 Å². The van der Waals surface area contributed by atoms with Gasteiger partial charge in [-0.3, -0.25) is 9.69 Å². The summed E-state index contributed by atoms with van der Waals surface area (Å²) in [4.78, 5) is 26.4. The lowest BCUT2D eigenvalue weighted by atomic mass is 10.2. The molecule has 2 atom stereocenters. The number of hydrogen-bond donors (Lipinski definition) is 2. The second kappa shape index (κ2) is 6.18. The second-order valence-corrected chi connectivity index (χ2v) is 7.82. The van der Waals surface area contributed by atoms with Gasteiger partial charge in [-0.25, -0.2) is 13.2 Å². The first-order valence-corrected chi connectivity index (χ1v) is 8.83. The largest absolute Gasteiger partial charge is 0.480 e. The zero-order chi connectivity index (χ0) is 15.6. The molecule has 2 unspecified atom stereocenters. The number of hydrogen-bond acceptors (Lipinski definition) is 5. The Bertz CT molecular complexity index is 513. The SMILES string of the molecule is CC(C(=O)O)N1CCN(C(=O)NC2CCS(=O)(=O)C2)CC1. The Morgan fingerprint density at radius 2 is 1.86 bits per heavy atom. The van der Waals surface area contributed by atoms with Crippen molar-refractivity contribution in [3.05, 3.63) is 0 Å². The van der Waals surface area contributed by atoms with E-state index in [1.54, 1.807) is 11.8 Å². The summed E-state index contributed by atoms with van der Waals surface area (Å²) in [5.41, 5.74) is 0. The molecule has 2 rings (SSSR count). The average molecular weight is 319 g/mol. The van der Waals surface area contributed by atoms with Gasteiger partial charge in [0.15, 0.2) is 9.84 Å². The van der Waals surface area contributed by atoms with Crippen LogP contribution in [0, 0.1) is 0 Å². The number of carbonyl (C=O) groups excluding carboxylic acids is 1. The molecule has 120 valence electrons. The summed E-state index contributed by atoms with van der Waals surface area (Å²) in [6.07, 6.45) is 0.462. The first-order valence-electron chi connectivity index (χ1n) is 7.01. The average Bonchev–Trinajstić information content (AvgIpc) is 2.77. The number of piperazine rings is 1.